The van der Waals surface area contributed by atoms with Gasteiger partial charge in [0, 0.05) is 8.95 Å². The number of anilines is 1. The van der Waals surface area contributed by atoms with Crippen molar-refractivity contribution in [1.29, 1.82) is 0 Å². The Balaban J connectivity index is 3.26. The molecule has 0 bridgehead atoms. The van der Waals surface area contributed by atoms with Crippen molar-refractivity contribution < 1.29 is 5.03 Å². The number of hydrogen-bond donors (Lipinski definition) is 1. The lowest BCUT2D eigenvalue weighted by atomic mass is 10.0. The number of benzene rings is 1. The molecule has 0 aliphatic heterocycles. The Labute approximate surface area is 104 Å². The molecule has 0 aliphatic rings. The zero-order valence-corrected chi connectivity index (χ0v) is 11.4. The van der Waals surface area contributed by atoms with E-state index < -0.39 is 5.03 Å². The van der Waals surface area contributed by atoms with Gasteiger partial charge in [0.25, 0.3) is 0 Å². The lowest BCUT2D eigenvalue weighted by molar-refractivity contribution is -0.445. The molecule has 1 N–H and O–H groups in total. The van der Waals surface area contributed by atoms with E-state index in [1.165, 1.54) is 0 Å². The first-order valence-corrected chi connectivity index (χ1v) is 5.90. The summed E-state index contributed by atoms with van der Waals surface area (Å²) in [7, 11) is 0. The summed E-state index contributed by atoms with van der Waals surface area (Å²) in [5.41, 5.74) is 3.61. The molecule has 1 rings (SSSR count). The Morgan fingerprint density at radius 2 is 2.00 bits per heavy atom. The van der Waals surface area contributed by atoms with Crippen LogP contribution in [0.1, 0.15) is 25.3 Å². The number of hydrogen-bond acceptors (Lipinski definition) is 2. The van der Waals surface area contributed by atoms with Gasteiger partial charge in [-0.3, -0.25) is 0 Å². The van der Waals surface area contributed by atoms with Crippen LogP contribution in [-0.2, 0) is 0 Å². The van der Waals surface area contributed by atoms with Gasteiger partial charge in [0.1, 0.15) is 5.69 Å². The van der Waals surface area contributed by atoms with E-state index in [0.717, 1.165) is 10.0 Å². The number of nitro groups is 1. The van der Waals surface area contributed by atoms with Gasteiger partial charge in [0.15, 0.2) is 5.03 Å². The third kappa shape index (κ3) is 3.17. The largest absolute Gasteiger partial charge is 0.235 e. The highest BCUT2D eigenvalue weighted by atomic mass is 79.9. The predicted octanol–water partition coefficient (Wildman–Crippen LogP) is 3.94. The molecule has 0 fully saturated rings. The highest BCUT2D eigenvalue weighted by molar-refractivity contribution is 9.11. The van der Waals surface area contributed by atoms with E-state index in [-0.39, 0.29) is 5.92 Å². The van der Waals surface area contributed by atoms with Crippen LogP contribution in [0.15, 0.2) is 21.1 Å². The van der Waals surface area contributed by atoms with Crippen molar-refractivity contribution in [3.8, 4) is 0 Å². The van der Waals surface area contributed by atoms with Gasteiger partial charge >= 0.3 is 0 Å². The molecule has 4 nitrogen and oxygen atoms in total. The van der Waals surface area contributed by atoms with E-state index in [2.05, 4.69) is 37.3 Å². The quantitative estimate of drug-likeness (QED) is 0.671. The van der Waals surface area contributed by atoms with Crippen molar-refractivity contribution in [2.75, 3.05) is 5.43 Å². The van der Waals surface area contributed by atoms with Crippen molar-refractivity contribution in [1.82, 2.24) is 0 Å². The minimum Gasteiger partial charge on any atom is -0.235 e. The molecule has 1 aromatic rings. The number of nitrogens with zero attached hydrogens (tertiary/aromatic N) is 1. The average molecular weight is 338 g/mol. The summed E-state index contributed by atoms with van der Waals surface area (Å²) in [5, 5.41) is 9.89. The molecule has 1 aromatic carbocycles. The standard InChI is InChI=1S/C9H10Br2N2O2/c1-5(2)7-3-6(10)4-8(11)9(7)12-13(14)15/h3-5,12H,1-2H3. The van der Waals surface area contributed by atoms with Crippen LogP contribution in [0.5, 0.6) is 0 Å². The summed E-state index contributed by atoms with van der Waals surface area (Å²) in [4.78, 5) is 10.4. The van der Waals surface area contributed by atoms with Gasteiger partial charge in [0.05, 0.1) is 0 Å². The molecular formula is C9H10Br2N2O2. The molecule has 0 aromatic heterocycles. The first-order chi connectivity index (χ1) is 6.91. The molecule has 0 heterocycles. The zero-order chi connectivity index (χ0) is 11.6. The maximum absolute atomic E-state index is 10.4. The molecule has 0 radical (unpaired) electrons. The summed E-state index contributed by atoms with van der Waals surface area (Å²) < 4.78 is 1.57. The molecular weight excluding hydrogens is 328 g/mol. The fourth-order valence-corrected chi connectivity index (χ4v) is 2.61. The molecule has 6 heteroatoms. The smallest absolute Gasteiger partial charge is 0.162 e. The lowest BCUT2D eigenvalue weighted by Crippen LogP contribution is -2.11. The van der Waals surface area contributed by atoms with Gasteiger partial charge in [-0.1, -0.05) is 29.8 Å². The van der Waals surface area contributed by atoms with Crippen LogP contribution in [0.4, 0.5) is 5.69 Å². The summed E-state index contributed by atoms with van der Waals surface area (Å²) in [5.74, 6) is 0.209. The highest BCUT2D eigenvalue weighted by Crippen LogP contribution is 2.34. The topological polar surface area (TPSA) is 55.2 Å². The van der Waals surface area contributed by atoms with E-state index in [1.807, 2.05) is 19.9 Å². The van der Waals surface area contributed by atoms with Crippen LogP contribution in [0.3, 0.4) is 0 Å². The van der Waals surface area contributed by atoms with Crippen LogP contribution in [0, 0.1) is 10.1 Å². The van der Waals surface area contributed by atoms with Crippen LogP contribution >= 0.6 is 31.9 Å². The fourth-order valence-electron chi connectivity index (χ4n) is 1.26. The average Bonchev–Trinajstić information content (AvgIpc) is 2.08. The minimum atomic E-state index is -0.556. The van der Waals surface area contributed by atoms with Crippen LogP contribution in [0.2, 0.25) is 0 Å². The second-order valence-corrected chi connectivity index (χ2v) is 5.15. The number of rotatable bonds is 3. The normalized spacial score (nSPS) is 10.5. The van der Waals surface area contributed by atoms with Gasteiger partial charge < -0.3 is 0 Å². The van der Waals surface area contributed by atoms with E-state index in [4.69, 9.17) is 0 Å². The van der Waals surface area contributed by atoms with Crippen LogP contribution in [0.25, 0.3) is 0 Å². The van der Waals surface area contributed by atoms with E-state index in [0.29, 0.717) is 10.2 Å². The highest BCUT2D eigenvalue weighted by Gasteiger charge is 2.15. The molecule has 0 spiro atoms. The van der Waals surface area contributed by atoms with Crippen molar-refractivity contribution in [2.24, 2.45) is 0 Å². The Kier molecular flexibility index (Phi) is 4.10. The SMILES string of the molecule is CC(C)c1cc(Br)cc(Br)c1N[N+](=O)[O-]. The lowest BCUT2D eigenvalue weighted by Gasteiger charge is -2.12. The zero-order valence-electron chi connectivity index (χ0n) is 8.25. The molecule has 15 heavy (non-hydrogen) atoms. The minimum absolute atomic E-state index is 0.209. The third-order valence-electron chi connectivity index (χ3n) is 1.91. The van der Waals surface area contributed by atoms with Crippen molar-refractivity contribution in [3.05, 3.63) is 36.8 Å². The number of nitrogens with one attached hydrogen (secondary N) is 1. The molecule has 0 unspecified atom stereocenters. The van der Waals surface area contributed by atoms with Gasteiger partial charge in [-0.15, -0.1) is 5.43 Å². The molecule has 82 valence electrons. The molecule has 0 saturated heterocycles. The molecule has 0 aliphatic carbocycles. The monoisotopic (exact) mass is 336 g/mol. The summed E-state index contributed by atoms with van der Waals surface area (Å²) in [6.45, 7) is 3.97. The van der Waals surface area contributed by atoms with Gasteiger partial charge in [-0.25, -0.2) is 10.1 Å². The Morgan fingerprint density at radius 3 is 2.47 bits per heavy atom. The third-order valence-corrected chi connectivity index (χ3v) is 2.99. The van der Waals surface area contributed by atoms with Gasteiger partial charge in [-0.2, -0.15) is 0 Å². The first kappa shape index (κ1) is 12.4. The van der Waals surface area contributed by atoms with Gasteiger partial charge in [0.2, 0.25) is 0 Å². The Bertz CT molecular complexity index is 394. The van der Waals surface area contributed by atoms with Gasteiger partial charge in [-0.05, 0) is 39.5 Å². The number of halogens is 2. The fraction of sp³-hybridized carbons (Fsp3) is 0.333. The number of hydrazine groups is 1. The predicted molar refractivity (Wildman–Crippen MR) is 66.5 cm³/mol. The molecule has 0 atom stereocenters. The second-order valence-electron chi connectivity index (χ2n) is 3.38. The molecule has 0 saturated carbocycles. The van der Waals surface area contributed by atoms with E-state index >= 15 is 0 Å². The van der Waals surface area contributed by atoms with Crippen molar-refractivity contribution in [2.45, 2.75) is 19.8 Å². The second kappa shape index (κ2) is 4.94. The maximum Gasteiger partial charge on any atom is 0.162 e. The summed E-state index contributed by atoms with van der Waals surface area (Å²) in [6.07, 6.45) is 0. The van der Waals surface area contributed by atoms with Crippen LogP contribution in [-0.4, -0.2) is 5.03 Å². The Hall–Kier alpha value is -0.620. The maximum atomic E-state index is 10.4. The summed E-state index contributed by atoms with van der Waals surface area (Å²) in [6, 6.07) is 3.65. The summed E-state index contributed by atoms with van der Waals surface area (Å²) >= 11 is 6.65. The first-order valence-electron chi connectivity index (χ1n) is 4.31. The Morgan fingerprint density at radius 1 is 1.40 bits per heavy atom. The van der Waals surface area contributed by atoms with E-state index in [1.54, 1.807) is 6.07 Å². The molecule has 0 amide bonds. The van der Waals surface area contributed by atoms with E-state index in [9.17, 15) is 10.1 Å². The van der Waals surface area contributed by atoms with Crippen molar-refractivity contribution >= 4 is 37.5 Å². The van der Waals surface area contributed by atoms with Crippen LogP contribution < -0.4 is 5.43 Å². The van der Waals surface area contributed by atoms with Crippen molar-refractivity contribution in [3.63, 3.8) is 0 Å².